The molecular formula is C20H30O4. The highest BCUT2D eigenvalue weighted by atomic mass is 16.6. The summed E-state index contributed by atoms with van der Waals surface area (Å²) in [7, 11) is 0. The molecule has 0 unspecified atom stereocenters. The standard InChI is InChI=1S/C20H30O4/c1-12-6-7-16-19(2,3)8-5-9-20(16,4)14(12)11-15(21)13-10-17(22)24-18(13)23/h10,14-17,21-22H,1,5-9,11H2,2-4H3/t14-,15-,16-,17-,20-/m0/s1. The summed E-state index contributed by atoms with van der Waals surface area (Å²) in [6.07, 6.45) is 5.42. The van der Waals surface area contributed by atoms with Gasteiger partial charge in [-0.2, -0.15) is 0 Å². The summed E-state index contributed by atoms with van der Waals surface area (Å²) in [6.45, 7) is 11.4. The predicted molar refractivity (Wildman–Crippen MR) is 91.9 cm³/mol. The Balaban J connectivity index is 1.84. The average Bonchev–Trinajstić information content (AvgIpc) is 2.80. The van der Waals surface area contributed by atoms with Gasteiger partial charge in [0.15, 0.2) is 0 Å². The maximum absolute atomic E-state index is 11.8. The first-order valence-electron chi connectivity index (χ1n) is 9.11. The second-order valence-electron chi connectivity index (χ2n) is 8.82. The number of ether oxygens (including phenoxy) is 1. The van der Waals surface area contributed by atoms with Crippen molar-refractivity contribution in [3.05, 3.63) is 23.8 Å². The molecule has 3 aliphatic rings. The number of cyclic esters (lactones) is 1. The van der Waals surface area contributed by atoms with Crippen LogP contribution in [0.1, 0.15) is 59.3 Å². The fourth-order valence-corrected chi connectivity index (χ4v) is 5.74. The van der Waals surface area contributed by atoms with Gasteiger partial charge in [-0.15, -0.1) is 0 Å². The van der Waals surface area contributed by atoms with Gasteiger partial charge in [-0.25, -0.2) is 4.79 Å². The molecule has 0 aromatic heterocycles. The maximum Gasteiger partial charge on any atom is 0.339 e. The Morgan fingerprint density at radius 3 is 2.71 bits per heavy atom. The van der Waals surface area contributed by atoms with Crippen LogP contribution in [0.4, 0.5) is 0 Å². The molecule has 5 atom stereocenters. The molecule has 3 rings (SSSR count). The van der Waals surface area contributed by atoms with Gasteiger partial charge in [0, 0.05) is 0 Å². The quantitative estimate of drug-likeness (QED) is 0.614. The Morgan fingerprint density at radius 2 is 2.08 bits per heavy atom. The minimum Gasteiger partial charge on any atom is -0.429 e. The molecule has 4 nitrogen and oxygen atoms in total. The highest BCUT2D eigenvalue weighted by molar-refractivity contribution is 5.91. The zero-order valence-corrected chi connectivity index (χ0v) is 15.0. The van der Waals surface area contributed by atoms with Gasteiger partial charge in [-0.3, -0.25) is 0 Å². The van der Waals surface area contributed by atoms with Gasteiger partial charge in [0.2, 0.25) is 6.29 Å². The average molecular weight is 334 g/mol. The number of aliphatic hydroxyl groups is 2. The van der Waals surface area contributed by atoms with E-state index in [4.69, 9.17) is 4.74 Å². The normalized spacial score (nSPS) is 39.9. The molecule has 2 N–H and O–H groups in total. The van der Waals surface area contributed by atoms with E-state index in [9.17, 15) is 15.0 Å². The molecule has 0 aromatic rings. The van der Waals surface area contributed by atoms with E-state index in [0.717, 1.165) is 12.8 Å². The molecule has 1 heterocycles. The number of rotatable bonds is 3. The topological polar surface area (TPSA) is 66.8 Å². The number of hydrogen-bond donors (Lipinski definition) is 2. The van der Waals surface area contributed by atoms with Crippen LogP contribution in [0.15, 0.2) is 23.8 Å². The summed E-state index contributed by atoms with van der Waals surface area (Å²) in [5.41, 5.74) is 1.80. The van der Waals surface area contributed by atoms with Crippen molar-refractivity contribution in [3.63, 3.8) is 0 Å². The van der Waals surface area contributed by atoms with Crippen molar-refractivity contribution in [2.24, 2.45) is 22.7 Å². The van der Waals surface area contributed by atoms with Crippen LogP contribution in [0.3, 0.4) is 0 Å². The van der Waals surface area contributed by atoms with Gasteiger partial charge in [0.1, 0.15) is 0 Å². The largest absolute Gasteiger partial charge is 0.429 e. The van der Waals surface area contributed by atoms with E-state index in [0.29, 0.717) is 17.8 Å². The number of carbonyl (C=O) groups is 1. The lowest BCUT2D eigenvalue weighted by atomic mass is 9.47. The second-order valence-corrected chi connectivity index (χ2v) is 8.82. The van der Waals surface area contributed by atoms with Crippen molar-refractivity contribution < 1.29 is 19.7 Å². The Morgan fingerprint density at radius 1 is 1.38 bits per heavy atom. The first kappa shape index (κ1) is 17.7. The van der Waals surface area contributed by atoms with Crippen LogP contribution < -0.4 is 0 Å². The third-order valence-electron chi connectivity index (χ3n) is 6.92. The highest BCUT2D eigenvalue weighted by Crippen LogP contribution is 2.61. The van der Waals surface area contributed by atoms with Crippen LogP contribution in [0, 0.1) is 22.7 Å². The van der Waals surface area contributed by atoms with Crippen LogP contribution in [-0.2, 0) is 9.53 Å². The zero-order chi connectivity index (χ0) is 17.7. The molecule has 2 saturated carbocycles. The first-order chi connectivity index (χ1) is 11.1. The third-order valence-corrected chi connectivity index (χ3v) is 6.92. The molecule has 2 aliphatic carbocycles. The number of carbonyl (C=O) groups excluding carboxylic acids is 1. The fraction of sp³-hybridized carbons (Fsp3) is 0.750. The SMILES string of the molecule is C=C1CC[C@H]2C(C)(C)CCC[C@@]2(C)[C@H]1C[C@H](O)C1=C[C@@H](O)OC1=O. The van der Waals surface area contributed by atoms with Crippen LogP contribution in [0.2, 0.25) is 0 Å². The summed E-state index contributed by atoms with van der Waals surface area (Å²) in [5, 5.41) is 20.1. The Bertz CT molecular complexity index is 576. The molecule has 0 saturated heterocycles. The van der Waals surface area contributed by atoms with E-state index in [2.05, 4.69) is 27.4 Å². The van der Waals surface area contributed by atoms with E-state index in [1.807, 2.05) is 0 Å². The van der Waals surface area contributed by atoms with Crippen LogP contribution >= 0.6 is 0 Å². The third kappa shape index (κ3) is 2.84. The first-order valence-corrected chi connectivity index (χ1v) is 9.11. The molecule has 0 aromatic carbocycles. The van der Waals surface area contributed by atoms with E-state index in [1.165, 1.54) is 30.9 Å². The van der Waals surface area contributed by atoms with Crippen molar-refractivity contribution in [1.29, 1.82) is 0 Å². The van der Waals surface area contributed by atoms with Crippen molar-refractivity contribution >= 4 is 5.97 Å². The van der Waals surface area contributed by atoms with Gasteiger partial charge in [-0.1, -0.05) is 39.3 Å². The number of fused-ring (bicyclic) bond motifs is 1. The maximum atomic E-state index is 11.8. The molecule has 24 heavy (non-hydrogen) atoms. The summed E-state index contributed by atoms with van der Waals surface area (Å²) in [4.78, 5) is 11.8. The summed E-state index contributed by atoms with van der Waals surface area (Å²) in [6, 6.07) is 0. The van der Waals surface area contributed by atoms with Crippen LogP contribution in [0.5, 0.6) is 0 Å². The van der Waals surface area contributed by atoms with E-state index < -0.39 is 18.4 Å². The summed E-state index contributed by atoms with van der Waals surface area (Å²) >= 11 is 0. The predicted octanol–water partition coefficient (Wildman–Crippen LogP) is 3.34. The number of aliphatic hydroxyl groups excluding tert-OH is 2. The minimum absolute atomic E-state index is 0.111. The Kier molecular flexibility index (Phi) is 4.42. The molecular weight excluding hydrogens is 304 g/mol. The molecule has 4 heteroatoms. The number of allylic oxidation sites excluding steroid dienone is 1. The van der Waals surface area contributed by atoms with Gasteiger partial charge in [0.25, 0.3) is 0 Å². The Labute approximate surface area is 144 Å². The minimum atomic E-state index is -1.23. The molecule has 0 radical (unpaired) electrons. The van der Waals surface area contributed by atoms with E-state index in [1.54, 1.807) is 0 Å². The Hall–Kier alpha value is -1.13. The van der Waals surface area contributed by atoms with Gasteiger partial charge < -0.3 is 14.9 Å². The van der Waals surface area contributed by atoms with Crippen molar-refractivity contribution in [3.8, 4) is 0 Å². The molecule has 0 bridgehead atoms. The highest BCUT2D eigenvalue weighted by Gasteiger charge is 2.53. The number of hydrogen-bond acceptors (Lipinski definition) is 4. The molecule has 2 fully saturated rings. The lowest BCUT2D eigenvalue weighted by Gasteiger charge is -2.58. The van der Waals surface area contributed by atoms with Crippen LogP contribution in [0.25, 0.3) is 0 Å². The van der Waals surface area contributed by atoms with Crippen LogP contribution in [-0.4, -0.2) is 28.6 Å². The van der Waals surface area contributed by atoms with Crippen molar-refractivity contribution in [2.45, 2.75) is 71.7 Å². The fourth-order valence-electron chi connectivity index (χ4n) is 5.74. The smallest absolute Gasteiger partial charge is 0.339 e. The summed E-state index contributed by atoms with van der Waals surface area (Å²) < 4.78 is 4.72. The molecule has 1 aliphatic heterocycles. The van der Waals surface area contributed by atoms with Gasteiger partial charge >= 0.3 is 5.97 Å². The lowest BCUT2D eigenvalue weighted by molar-refractivity contribution is -0.152. The summed E-state index contributed by atoms with van der Waals surface area (Å²) in [5.74, 6) is 0.191. The van der Waals surface area contributed by atoms with Gasteiger partial charge in [0.05, 0.1) is 11.7 Å². The lowest BCUT2D eigenvalue weighted by Crippen LogP contribution is -2.50. The van der Waals surface area contributed by atoms with Crippen molar-refractivity contribution in [1.82, 2.24) is 0 Å². The van der Waals surface area contributed by atoms with E-state index >= 15 is 0 Å². The molecule has 0 amide bonds. The zero-order valence-electron chi connectivity index (χ0n) is 15.0. The monoisotopic (exact) mass is 334 g/mol. The van der Waals surface area contributed by atoms with Gasteiger partial charge in [-0.05, 0) is 60.8 Å². The van der Waals surface area contributed by atoms with Crippen molar-refractivity contribution in [2.75, 3.05) is 0 Å². The number of esters is 1. The van der Waals surface area contributed by atoms with E-state index in [-0.39, 0.29) is 16.9 Å². The molecule has 0 spiro atoms. The molecule has 134 valence electrons. The second kappa shape index (κ2) is 5.99.